The van der Waals surface area contributed by atoms with Crippen molar-refractivity contribution in [1.29, 1.82) is 0 Å². The third-order valence-electron chi connectivity index (χ3n) is 4.99. The molecule has 5 nitrogen and oxygen atoms in total. The van der Waals surface area contributed by atoms with Crippen molar-refractivity contribution in [3.05, 3.63) is 65.2 Å². The predicted molar refractivity (Wildman–Crippen MR) is 103 cm³/mol. The van der Waals surface area contributed by atoms with Crippen LogP contribution in [-0.2, 0) is 4.79 Å². The van der Waals surface area contributed by atoms with Crippen LogP contribution in [0.2, 0.25) is 0 Å². The molecule has 136 valence electrons. The Morgan fingerprint density at radius 3 is 2.58 bits per heavy atom. The summed E-state index contributed by atoms with van der Waals surface area (Å²) in [5.41, 5.74) is 9.01. The Morgan fingerprint density at radius 1 is 1.15 bits per heavy atom. The topological polar surface area (TPSA) is 75.4 Å². The zero-order valence-electron chi connectivity index (χ0n) is 15.1. The number of carbonyl (C=O) groups is 2. The summed E-state index contributed by atoms with van der Waals surface area (Å²) in [6.45, 7) is 3.91. The van der Waals surface area contributed by atoms with E-state index in [2.05, 4.69) is 41.4 Å². The van der Waals surface area contributed by atoms with Gasteiger partial charge in [0, 0.05) is 30.3 Å². The molecule has 0 aromatic heterocycles. The van der Waals surface area contributed by atoms with Crippen molar-refractivity contribution >= 4 is 17.5 Å². The Balaban J connectivity index is 1.55. The van der Waals surface area contributed by atoms with Gasteiger partial charge in [-0.2, -0.15) is 0 Å². The first-order valence-electron chi connectivity index (χ1n) is 9.04. The molecule has 0 bridgehead atoms. The fourth-order valence-corrected chi connectivity index (χ4v) is 3.59. The maximum Gasteiger partial charge on any atom is 0.248 e. The summed E-state index contributed by atoms with van der Waals surface area (Å²) in [6, 6.07) is 15.5. The van der Waals surface area contributed by atoms with Gasteiger partial charge in [0.2, 0.25) is 11.8 Å². The van der Waals surface area contributed by atoms with Crippen LogP contribution in [0.5, 0.6) is 0 Å². The first kappa shape index (κ1) is 18.1. The Labute approximate surface area is 154 Å². The quantitative estimate of drug-likeness (QED) is 0.839. The molecule has 0 aliphatic carbocycles. The first-order valence-corrected chi connectivity index (χ1v) is 9.04. The van der Waals surface area contributed by atoms with Crippen molar-refractivity contribution in [1.82, 2.24) is 4.90 Å². The number of hydrogen-bond donors (Lipinski definition) is 2. The van der Waals surface area contributed by atoms with Gasteiger partial charge in [-0.15, -0.1) is 0 Å². The molecule has 1 aliphatic rings. The van der Waals surface area contributed by atoms with Crippen LogP contribution in [0.3, 0.4) is 0 Å². The molecule has 1 fully saturated rings. The third-order valence-corrected chi connectivity index (χ3v) is 4.99. The Morgan fingerprint density at radius 2 is 1.88 bits per heavy atom. The van der Waals surface area contributed by atoms with Crippen LogP contribution < -0.4 is 11.1 Å². The van der Waals surface area contributed by atoms with Crippen LogP contribution in [0.4, 0.5) is 5.69 Å². The number of nitrogens with zero attached hydrogens (tertiary/aromatic N) is 1. The van der Waals surface area contributed by atoms with Gasteiger partial charge in [0.1, 0.15) is 0 Å². The monoisotopic (exact) mass is 351 g/mol. The number of aryl methyl sites for hydroxylation is 1. The molecular formula is C21H25N3O2. The van der Waals surface area contributed by atoms with Crippen LogP contribution in [0.15, 0.2) is 48.5 Å². The summed E-state index contributed by atoms with van der Waals surface area (Å²) in [5.74, 6) is -0.494. The van der Waals surface area contributed by atoms with E-state index < -0.39 is 5.91 Å². The third kappa shape index (κ3) is 4.29. The van der Waals surface area contributed by atoms with Crippen LogP contribution in [0, 0.1) is 6.92 Å². The van der Waals surface area contributed by atoms with Crippen LogP contribution in [-0.4, -0.2) is 29.8 Å². The second-order valence-electron chi connectivity index (χ2n) is 6.79. The highest BCUT2D eigenvalue weighted by atomic mass is 16.2. The summed E-state index contributed by atoms with van der Waals surface area (Å²) in [4.78, 5) is 25.8. The minimum absolute atomic E-state index is 0.0211. The van der Waals surface area contributed by atoms with Crippen molar-refractivity contribution in [3.8, 4) is 0 Å². The number of carbonyl (C=O) groups excluding carboxylic acids is 2. The number of rotatable bonds is 6. The van der Waals surface area contributed by atoms with Gasteiger partial charge >= 0.3 is 0 Å². The number of likely N-dealkylation sites (tertiary alicyclic amines) is 1. The summed E-state index contributed by atoms with van der Waals surface area (Å²) < 4.78 is 0. The van der Waals surface area contributed by atoms with Crippen LogP contribution in [0.25, 0.3) is 0 Å². The SMILES string of the molecule is Cc1ccccc1C1CCCN1CCC(=O)Nc1ccc(C(N)=O)cc1. The van der Waals surface area contributed by atoms with Crippen molar-refractivity contribution in [3.63, 3.8) is 0 Å². The smallest absolute Gasteiger partial charge is 0.248 e. The molecule has 26 heavy (non-hydrogen) atoms. The van der Waals surface area contributed by atoms with Crippen LogP contribution >= 0.6 is 0 Å². The molecule has 1 heterocycles. The summed E-state index contributed by atoms with van der Waals surface area (Å²) >= 11 is 0. The molecular weight excluding hydrogens is 326 g/mol. The molecule has 1 atom stereocenters. The maximum absolute atomic E-state index is 12.3. The van der Waals surface area contributed by atoms with Crippen molar-refractivity contribution < 1.29 is 9.59 Å². The Bertz CT molecular complexity index is 786. The number of anilines is 1. The second kappa shape index (κ2) is 8.15. The molecule has 3 N–H and O–H groups in total. The van der Waals surface area contributed by atoms with Gasteiger partial charge in [0.05, 0.1) is 0 Å². The minimum Gasteiger partial charge on any atom is -0.366 e. The molecule has 0 saturated carbocycles. The van der Waals surface area contributed by atoms with Gasteiger partial charge in [-0.1, -0.05) is 24.3 Å². The predicted octanol–water partition coefficient (Wildman–Crippen LogP) is 3.26. The van der Waals surface area contributed by atoms with Crippen molar-refractivity contribution in [2.24, 2.45) is 5.73 Å². The number of nitrogens with two attached hydrogens (primary N) is 1. The largest absolute Gasteiger partial charge is 0.366 e. The zero-order valence-corrected chi connectivity index (χ0v) is 15.1. The molecule has 5 heteroatoms. The number of nitrogens with one attached hydrogen (secondary N) is 1. The van der Waals surface area contributed by atoms with Gasteiger partial charge < -0.3 is 11.1 Å². The van der Waals surface area contributed by atoms with E-state index in [0.29, 0.717) is 23.7 Å². The second-order valence-corrected chi connectivity index (χ2v) is 6.79. The Hall–Kier alpha value is -2.66. The lowest BCUT2D eigenvalue weighted by atomic mass is 9.99. The summed E-state index contributed by atoms with van der Waals surface area (Å²) in [6.07, 6.45) is 2.75. The Kier molecular flexibility index (Phi) is 5.68. The van der Waals surface area contributed by atoms with Crippen LogP contribution in [0.1, 0.15) is 46.8 Å². The molecule has 0 radical (unpaired) electrons. The standard InChI is InChI=1S/C21H25N3O2/c1-15-5-2-3-6-18(15)19-7-4-13-24(19)14-12-20(25)23-17-10-8-16(9-11-17)21(22)26/h2-3,5-6,8-11,19H,4,7,12-14H2,1H3,(H2,22,26)(H,23,25). The molecule has 2 amide bonds. The fraction of sp³-hybridized carbons (Fsp3) is 0.333. The van der Waals surface area contributed by atoms with E-state index in [1.807, 2.05) is 0 Å². The van der Waals surface area contributed by atoms with E-state index >= 15 is 0 Å². The normalized spacial score (nSPS) is 17.2. The molecule has 3 rings (SSSR count). The van der Waals surface area contributed by atoms with Crippen molar-refractivity contribution in [2.45, 2.75) is 32.2 Å². The highest BCUT2D eigenvalue weighted by Crippen LogP contribution is 2.33. The highest BCUT2D eigenvalue weighted by molar-refractivity contribution is 5.94. The molecule has 1 unspecified atom stereocenters. The van der Waals surface area contributed by atoms with E-state index in [0.717, 1.165) is 25.9 Å². The van der Waals surface area contributed by atoms with E-state index in [4.69, 9.17) is 5.73 Å². The van der Waals surface area contributed by atoms with Gasteiger partial charge in [-0.25, -0.2) is 0 Å². The average Bonchev–Trinajstić information content (AvgIpc) is 3.09. The van der Waals surface area contributed by atoms with Gasteiger partial charge in [0.15, 0.2) is 0 Å². The molecule has 0 spiro atoms. The number of primary amides is 1. The van der Waals surface area contributed by atoms with Gasteiger partial charge in [0.25, 0.3) is 0 Å². The van der Waals surface area contributed by atoms with Crippen molar-refractivity contribution in [2.75, 3.05) is 18.4 Å². The molecule has 1 aliphatic heterocycles. The molecule has 2 aromatic rings. The molecule has 2 aromatic carbocycles. The van der Waals surface area contributed by atoms with E-state index in [1.165, 1.54) is 11.1 Å². The highest BCUT2D eigenvalue weighted by Gasteiger charge is 2.26. The molecule has 1 saturated heterocycles. The lowest BCUT2D eigenvalue weighted by Gasteiger charge is -2.25. The average molecular weight is 351 g/mol. The van der Waals surface area contributed by atoms with E-state index in [9.17, 15) is 9.59 Å². The van der Waals surface area contributed by atoms with E-state index in [-0.39, 0.29) is 5.91 Å². The summed E-state index contributed by atoms with van der Waals surface area (Å²) in [7, 11) is 0. The maximum atomic E-state index is 12.3. The van der Waals surface area contributed by atoms with Gasteiger partial charge in [-0.05, 0) is 61.7 Å². The van der Waals surface area contributed by atoms with Gasteiger partial charge in [-0.3, -0.25) is 14.5 Å². The zero-order chi connectivity index (χ0) is 18.5. The van der Waals surface area contributed by atoms with E-state index in [1.54, 1.807) is 24.3 Å². The number of hydrogen-bond acceptors (Lipinski definition) is 3. The number of benzene rings is 2. The fourth-order valence-electron chi connectivity index (χ4n) is 3.59. The first-order chi connectivity index (χ1) is 12.5. The lowest BCUT2D eigenvalue weighted by molar-refractivity contribution is -0.116. The summed E-state index contributed by atoms with van der Waals surface area (Å²) in [5, 5.41) is 2.88. The lowest BCUT2D eigenvalue weighted by Crippen LogP contribution is -2.28. The minimum atomic E-state index is -0.473. The number of amides is 2.